The van der Waals surface area contributed by atoms with E-state index in [0.717, 1.165) is 0 Å². The lowest BCUT2D eigenvalue weighted by Crippen LogP contribution is -2.44. The molecule has 16 heavy (non-hydrogen) atoms. The summed E-state index contributed by atoms with van der Waals surface area (Å²) in [7, 11) is 1.61. The molecule has 0 spiro atoms. The number of benzene rings is 1. The van der Waals surface area contributed by atoms with E-state index < -0.39 is 12.0 Å². The number of nitrogens with zero attached hydrogens (tertiary/aromatic N) is 1. The Hall–Kier alpha value is -1.68. The Morgan fingerprint density at radius 2 is 2.00 bits per heavy atom. The average molecular weight is 219 g/mol. The molecular weight excluding hydrogens is 206 g/mol. The van der Waals surface area contributed by atoms with Crippen molar-refractivity contribution in [2.75, 3.05) is 11.9 Å². The highest BCUT2D eigenvalue weighted by atomic mass is 16.3. The van der Waals surface area contributed by atoms with Crippen molar-refractivity contribution < 1.29 is 14.7 Å². The van der Waals surface area contributed by atoms with Crippen LogP contribution in [0.15, 0.2) is 24.3 Å². The van der Waals surface area contributed by atoms with Gasteiger partial charge in [0.1, 0.15) is 11.7 Å². The number of aliphatic hydroxyl groups excluding tert-OH is 1. The zero-order valence-electron chi connectivity index (χ0n) is 9.18. The predicted octanol–water partition coefficient (Wildman–Crippen LogP) is 0.902. The largest absolute Gasteiger partial charge is 0.387 e. The molecule has 0 aromatic heterocycles. The summed E-state index contributed by atoms with van der Waals surface area (Å²) in [5, 5.41) is 10.0. The number of ketones is 1. The van der Waals surface area contributed by atoms with E-state index in [1.165, 1.54) is 11.8 Å². The summed E-state index contributed by atoms with van der Waals surface area (Å²) in [6.07, 6.45) is -1.03. The van der Waals surface area contributed by atoms with Gasteiger partial charge in [-0.1, -0.05) is 18.2 Å². The Bertz CT molecular complexity index is 455. The van der Waals surface area contributed by atoms with Crippen LogP contribution in [0.5, 0.6) is 0 Å². The molecule has 0 bridgehead atoms. The van der Waals surface area contributed by atoms with Crippen LogP contribution in [-0.4, -0.2) is 23.8 Å². The fourth-order valence-electron chi connectivity index (χ4n) is 2.08. The molecule has 84 valence electrons. The van der Waals surface area contributed by atoms with Gasteiger partial charge in [-0.3, -0.25) is 9.59 Å². The van der Waals surface area contributed by atoms with Crippen molar-refractivity contribution in [3.63, 3.8) is 0 Å². The van der Waals surface area contributed by atoms with E-state index in [4.69, 9.17) is 0 Å². The van der Waals surface area contributed by atoms with Crippen molar-refractivity contribution in [2.24, 2.45) is 5.92 Å². The second kappa shape index (κ2) is 3.72. The van der Waals surface area contributed by atoms with Crippen LogP contribution in [-0.2, 0) is 9.59 Å². The maximum atomic E-state index is 11.9. The lowest BCUT2D eigenvalue weighted by atomic mass is 9.86. The topological polar surface area (TPSA) is 57.6 Å². The van der Waals surface area contributed by atoms with Crippen LogP contribution < -0.4 is 4.90 Å². The number of anilines is 1. The third-order valence-corrected chi connectivity index (χ3v) is 2.97. The van der Waals surface area contributed by atoms with Gasteiger partial charge in [-0.05, 0) is 13.0 Å². The number of hydrogen-bond donors (Lipinski definition) is 1. The van der Waals surface area contributed by atoms with Crippen molar-refractivity contribution in [1.82, 2.24) is 0 Å². The molecule has 0 radical (unpaired) electrons. The number of rotatable bonds is 1. The highest BCUT2D eigenvalue weighted by Gasteiger charge is 2.40. The van der Waals surface area contributed by atoms with Crippen LogP contribution in [0.1, 0.15) is 18.6 Å². The van der Waals surface area contributed by atoms with Crippen molar-refractivity contribution in [2.45, 2.75) is 13.0 Å². The minimum atomic E-state index is -1.03. The summed E-state index contributed by atoms with van der Waals surface area (Å²) in [5.41, 5.74) is 1.29. The summed E-state index contributed by atoms with van der Waals surface area (Å²) in [6.45, 7) is 1.33. The molecule has 0 fully saturated rings. The molecule has 1 heterocycles. The minimum Gasteiger partial charge on any atom is -0.387 e. The monoisotopic (exact) mass is 219 g/mol. The number of aliphatic hydroxyl groups is 1. The molecule has 1 N–H and O–H groups in total. The zero-order chi connectivity index (χ0) is 11.9. The van der Waals surface area contributed by atoms with E-state index in [-0.39, 0.29) is 11.7 Å². The maximum Gasteiger partial charge on any atom is 0.240 e. The first kappa shape index (κ1) is 10.8. The highest BCUT2D eigenvalue weighted by molar-refractivity contribution is 6.10. The summed E-state index contributed by atoms with van der Waals surface area (Å²) in [4.78, 5) is 24.7. The second-order valence-electron chi connectivity index (χ2n) is 3.99. The van der Waals surface area contributed by atoms with Gasteiger partial charge in [0.25, 0.3) is 0 Å². The van der Waals surface area contributed by atoms with Gasteiger partial charge in [0.2, 0.25) is 5.91 Å². The number of fused-ring (bicyclic) bond motifs is 1. The lowest BCUT2D eigenvalue weighted by molar-refractivity contribution is -0.136. The normalized spacial score (nSPS) is 24.2. The van der Waals surface area contributed by atoms with Crippen LogP contribution in [0.2, 0.25) is 0 Å². The number of para-hydroxylation sites is 1. The van der Waals surface area contributed by atoms with E-state index in [0.29, 0.717) is 11.3 Å². The molecule has 1 amide bonds. The smallest absolute Gasteiger partial charge is 0.240 e. The van der Waals surface area contributed by atoms with Crippen LogP contribution >= 0.6 is 0 Å². The van der Waals surface area contributed by atoms with Gasteiger partial charge in [0.15, 0.2) is 0 Å². The van der Waals surface area contributed by atoms with Crippen molar-refractivity contribution in [1.29, 1.82) is 0 Å². The third kappa shape index (κ3) is 1.42. The van der Waals surface area contributed by atoms with E-state index in [1.807, 2.05) is 0 Å². The highest BCUT2D eigenvalue weighted by Crippen LogP contribution is 2.37. The summed E-state index contributed by atoms with van der Waals surface area (Å²) < 4.78 is 0. The van der Waals surface area contributed by atoms with Crippen LogP contribution in [0.3, 0.4) is 0 Å². The molecule has 4 nitrogen and oxygen atoms in total. The molecule has 0 saturated heterocycles. The number of carbonyl (C=O) groups is 2. The molecule has 1 aliphatic heterocycles. The number of carbonyl (C=O) groups excluding carboxylic acids is 2. The van der Waals surface area contributed by atoms with Gasteiger partial charge in [-0.15, -0.1) is 0 Å². The molecule has 2 rings (SSSR count). The molecule has 2 atom stereocenters. The number of amides is 1. The molecule has 0 saturated carbocycles. The molecule has 0 aliphatic carbocycles. The first-order valence-electron chi connectivity index (χ1n) is 5.09. The standard InChI is InChI=1S/C12H13NO3/c1-7(14)10-11(15)8-5-3-4-6-9(8)13(2)12(10)16/h3-6,10-11,15H,1-2H3. The SMILES string of the molecule is CC(=O)C1C(=O)N(C)c2ccccc2C1O. The van der Waals surface area contributed by atoms with Crippen LogP contribution in [0.25, 0.3) is 0 Å². The molecular formula is C12H13NO3. The Balaban J connectivity index is 2.56. The van der Waals surface area contributed by atoms with Crippen molar-refractivity contribution in [3.8, 4) is 0 Å². The molecule has 1 aromatic carbocycles. The van der Waals surface area contributed by atoms with Crippen molar-refractivity contribution in [3.05, 3.63) is 29.8 Å². The Kier molecular flexibility index (Phi) is 2.52. The van der Waals surface area contributed by atoms with Gasteiger partial charge in [-0.25, -0.2) is 0 Å². The lowest BCUT2D eigenvalue weighted by Gasteiger charge is -2.33. The quantitative estimate of drug-likeness (QED) is 0.714. The molecule has 1 aromatic rings. The Labute approximate surface area is 93.5 Å². The fraction of sp³-hybridized carbons (Fsp3) is 0.333. The maximum absolute atomic E-state index is 11.9. The minimum absolute atomic E-state index is 0.307. The number of hydrogen-bond acceptors (Lipinski definition) is 3. The fourth-order valence-corrected chi connectivity index (χ4v) is 2.08. The molecule has 2 unspecified atom stereocenters. The molecule has 1 aliphatic rings. The van der Waals surface area contributed by atoms with Crippen LogP contribution in [0, 0.1) is 5.92 Å². The van der Waals surface area contributed by atoms with Gasteiger partial charge in [-0.2, -0.15) is 0 Å². The van der Waals surface area contributed by atoms with Gasteiger partial charge >= 0.3 is 0 Å². The Morgan fingerprint density at radius 3 is 2.62 bits per heavy atom. The van der Waals surface area contributed by atoms with E-state index in [2.05, 4.69) is 0 Å². The third-order valence-electron chi connectivity index (χ3n) is 2.97. The van der Waals surface area contributed by atoms with E-state index in [1.54, 1.807) is 31.3 Å². The van der Waals surface area contributed by atoms with Crippen LogP contribution in [0.4, 0.5) is 5.69 Å². The second-order valence-corrected chi connectivity index (χ2v) is 3.99. The van der Waals surface area contributed by atoms with E-state index >= 15 is 0 Å². The van der Waals surface area contributed by atoms with Gasteiger partial charge in [0, 0.05) is 18.3 Å². The van der Waals surface area contributed by atoms with E-state index in [9.17, 15) is 14.7 Å². The summed E-state index contributed by atoms with van der Waals surface area (Å²) >= 11 is 0. The summed E-state index contributed by atoms with van der Waals surface area (Å²) in [6, 6.07) is 7.07. The van der Waals surface area contributed by atoms with Gasteiger partial charge < -0.3 is 10.0 Å². The summed E-state index contributed by atoms with van der Waals surface area (Å²) in [5.74, 6) is -1.63. The molecule has 4 heteroatoms. The predicted molar refractivity (Wildman–Crippen MR) is 59.0 cm³/mol. The van der Waals surface area contributed by atoms with Gasteiger partial charge in [0.05, 0.1) is 6.10 Å². The number of Topliss-reactive ketones (excluding diaryl/α,β-unsaturated/α-hetero) is 1. The average Bonchev–Trinajstić information content (AvgIpc) is 2.26. The first-order valence-corrected chi connectivity index (χ1v) is 5.09. The Morgan fingerprint density at radius 1 is 1.38 bits per heavy atom. The van der Waals surface area contributed by atoms with Crippen molar-refractivity contribution >= 4 is 17.4 Å². The first-order chi connectivity index (χ1) is 7.54. The zero-order valence-corrected chi connectivity index (χ0v) is 9.18.